The van der Waals surface area contributed by atoms with Gasteiger partial charge in [-0.1, -0.05) is 18.2 Å². The quantitative estimate of drug-likeness (QED) is 0.752. The normalized spacial score (nSPS) is 13.4. The number of benzene rings is 2. The molecule has 1 atom stereocenters. The minimum atomic E-state index is -0.228. The predicted octanol–water partition coefficient (Wildman–Crippen LogP) is 3.18. The molecule has 0 bridgehead atoms. The van der Waals surface area contributed by atoms with Gasteiger partial charge < -0.3 is 14.8 Å². The summed E-state index contributed by atoms with van der Waals surface area (Å²) in [5.41, 5.74) is 2.60. The molecule has 0 saturated heterocycles. The van der Waals surface area contributed by atoms with Gasteiger partial charge in [0.2, 0.25) is 6.79 Å². The topological polar surface area (TPSA) is 78.3 Å². The number of rotatable bonds is 5. The molecular formula is C20H20N4O3. The summed E-state index contributed by atoms with van der Waals surface area (Å²) in [6.45, 7) is 4.85. The number of amides is 1. The monoisotopic (exact) mass is 364 g/mol. The van der Waals surface area contributed by atoms with Crippen molar-refractivity contribution in [1.29, 1.82) is 0 Å². The second-order valence-corrected chi connectivity index (χ2v) is 6.27. The van der Waals surface area contributed by atoms with Crippen LogP contribution in [0.3, 0.4) is 0 Å². The van der Waals surface area contributed by atoms with Crippen LogP contribution >= 0.6 is 0 Å². The number of aryl methyl sites for hydroxylation is 1. The summed E-state index contributed by atoms with van der Waals surface area (Å²) in [5.74, 6) is 2.08. The summed E-state index contributed by atoms with van der Waals surface area (Å²) in [6, 6.07) is 13.0. The van der Waals surface area contributed by atoms with E-state index in [2.05, 4.69) is 15.4 Å². The third-order valence-corrected chi connectivity index (χ3v) is 4.53. The standard InChI is InChI=1S/C20H20N4O3/c1-3-24-19(21-11-22-24)13(2)23-20(25)15-6-4-14(5-7-15)16-8-9-17-18(10-16)27-12-26-17/h4-11,13H,3,12H2,1-2H3,(H,23,25)/t13-/m0/s1. The Morgan fingerprint density at radius 2 is 1.89 bits per heavy atom. The van der Waals surface area contributed by atoms with Crippen LogP contribution in [0, 0.1) is 0 Å². The Hall–Kier alpha value is -3.35. The largest absolute Gasteiger partial charge is 0.454 e. The number of hydrogen-bond donors (Lipinski definition) is 1. The van der Waals surface area contributed by atoms with Gasteiger partial charge in [0, 0.05) is 12.1 Å². The van der Waals surface area contributed by atoms with Gasteiger partial charge in [-0.3, -0.25) is 4.79 Å². The summed E-state index contributed by atoms with van der Waals surface area (Å²) < 4.78 is 12.5. The number of carbonyl (C=O) groups is 1. The Bertz CT molecular complexity index is 966. The molecule has 1 aliphatic heterocycles. The third kappa shape index (κ3) is 3.36. The van der Waals surface area contributed by atoms with E-state index in [1.165, 1.54) is 6.33 Å². The van der Waals surface area contributed by atoms with Crippen LogP contribution in [0.4, 0.5) is 0 Å². The summed E-state index contributed by atoms with van der Waals surface area (Å²) in [4.78, 5) is 16.8. The SMILES string of the molecule is CCn1ncnc1[C@H](C)NC(=O)c1ccc(-c2ccc3c(c2)OCO3)cc1. The molecule has 4 rings (SSSR count). The maximum Gasteiger partial charge on any atom is 0.251 e. The highest BCUT2D eigenvalue weighted by molar-refractivity contribution is 5.94. The Morgan fingerprint density at radius 3 is 2.67 bits per heavy atom. The molecule has 0 radical (unpaired) electrons. The number of carbonyl (C=O) groups excluding carboxylic acids is 1. The summed E-state index contributed by atoms with van der Waals surface area (Å²) in [5, 5.41) is 7.11. The molecule has 7 nitrogen and oxygen atoms in total. The van der Waals surface area contributed by atoms with E-state index in [1.807, 2.05) is 56.3 Å². The average Bonchev–Trinajstić information content (AvgIpc) is 3.36. The maximum absolute atomic E-state index is 12.5. The molecule has 0 unspecified atom stereocenters. The van der Waals surface area contributed by atoms with Crippen molar-refractivity contribution >= 4 is 5.91 Å². The fourth-order valence-corrected chi connectivity index (χ4v) is 3.09. The Morgan fingerprint density at radius 1 is 1.15 bits per heavy atom. The van der Waals surface area contributed by atoms with Gasteiger partial charge in [0.1, 0.15) is 12.2 Å². The average molecular weight is 364 g/mol. The van der Waals surface area contributed by atoms with Crippen molar-refractivity contribution in [3.63, 3.8) is 0 Å². The van der Waals surface area contributed by atoms with Crippen molar-refractivity contribution < 1.29 is 14.3 Å². The van der Waals surface area contributed by atoms with Gasteiger partial charge in [-0.25, -0.2) is 9.67 Å². The van der Waals surface area contributed by atoms with E-state index in [0.29, 0.717) is 12.1 Å². The van der Waals surface area contributed by atoms with Gasteiger partial charge in [0.05, 0.1) is 6.04 Å². The van der Waals surface area contributed by atoms with Crippen LogP contribution in [0.15, 0.2) is 48.8 Å². The van der Waals surface area contributed by atoms with Crippen LogP contribution in [-0.2, 0) is 6.54 Å². The van der Waals surface area contributed by atoms with Crippen molar-refractivity contribution in [3.8, 4) is 22.6 Å². The Balaban J connectivity index is 1.48. The molecule has 1 N–H and O–H groups in total. The molecule has 138 valence electrons. The van der Waals surface area contributed by atoms with Crippen molar-refractivity contribution in [1.82, 2.24) is 20.1 Å². The molecule has 2 aromatic carbocycles. The van der Waals surface area contributed by atoms with E-state index >= 15 is 0 Å². The van der Waals surface area contributed by atoms with E-state index in [9.17, 15) is 4.79 Å². The number of hydrogen-bond acceptors (Lipinski definition) is 5. The minimum absolute atomic E-state index is 0.148. The van der Waals surface area contributed by atoms with Gasteiger partial charge in [0.25, 0.3) is 5.91 Å². The summed E-state index contributed by atoms with van der Waals surface area (Å²) in [6.07, 6.45) is 1.50. The lowest BCUT2D eigenvalue weighted by molar-refractivity contribution is 0.0937. The fourth-order valence-electron chi connectivity index (χ4n) is 3.09. The molecule has 0 fully saturated rings. The van der Waals surface area contributed by atoms with Crippen LogP contribution < -0.4 is 14.8 Å². The Labute approximate surface area is 156 Å². The molecule has 3 aromatic rings. The smallest absolute Gasteiger partial charge is 0.251 e. The maximum atomic E-state index is 12.5. The zero-order valence-electron chi connectivity index (χ0n) is 15.2. The number of ether oxygens (including phenoxy) is 2. The van der Waals surface area contributed by atoms with Crippen LogP contribution in [0.5, 0.6) is 11.5 Å². The van der Waals surface area contributed by atoms with E-state index < -0.39 is 0 Å². The summed E-state index contributed by atoms with van der Waals surface area (Å²) >= 11 is 0. The molecule has 0 spiro atoms. The fraction of sp³-hybridized carbons (Fsp3) is 0.250. The summed E-state index contributed by atoms with van der Waals surface area (Å²) in [7, 11) is 0. The minimum Gasteiger partial charge on any atom is -0.454 e. The molecule has 0 saturated carbocycles. The number of nitrogens with zero attached hydrogens (tertiary/aromatic N) is 3. The number of nitrogens with one attached hydrogen (secondary N) is 1. The first-order chi connectivity index (χ1) is 13.2. The number of fused-ring (bicyclic) bond motifs is 1. The highest BCUT2D eigenvalue weighted by Crippen LogP contribution is 2.35. The molecule has 1 amide bonds. The van der Waals surface area contributed by atoms with Gasteiger partial charge in [-0.2, -0.15) is 5.10 Å². The zero-order chi connectivity index (χ0) is 18.8. The highest BCUT2D eigenvalue weighted by atomic mass is 16.7. The van der Waals surface area contributed by atoms with Crippen molar-refractivity contribution in [3.05, 3.63) is 60.2 Å². The molecule has 0 aliphatic carbocycles. The van der Waals surface area contributed by atoms with Gasteiger partial charge in [-0.15, -0.1) is 0 Å². The third-order valence-electron chi connectivity index (χ3n) is 4.53. The van der Waals surface area contributed by atoms with Crippen LogP contribution in [-0.4, -0.2) is 27.5 Å². The number of aromatic nitrogens is 3. The molecule has 1 aromatic heterocycles. The lowest BCUT2D eigenvalue weighted by atomic mass is 10.0. The van der Waals surface area contributed by atoms with E-state index in [0.717, 1.165) is 28.5 Å². The van der Waals surface area contributed by atoms with Crippen LogP contribution in [0.1, 0.15) is 36.1 Å². The van der Waals surface area contributed by atoms with Crippen molar-refractivity contribution in [2.45, 2.75) is 26.4 Å². The van der Waals surface area contributed by atoms with E-state index in [-0.39, 0.29) is 18.7 Å². The van der Waals surface area contributed by atoms with Crippen LogP contribution in [0.2, 0.25) is 0 Å². The first-order valence-corrected chi connectivity index (χ1v) is 8.84. The van der Waals surface area contributed by atoms with Gasteiger partial charge >= 0.3 is 0 Å². The Kier molecular flexibility index (Phi) is 4.50. The lowest BCUT2D eigenvalue weighted by Crippen LogP contribution is -2.28. The first-order valence-electron chi connectivity index (χ1n) is 8.84. The highest BCUT2D eigenvalue weighted by Gasteiger charge is 2.17. The molecular weight excluding hydrogens is 344 g/mol. The molecule has 1 aliphatic rings. The van der Waals surface area contributed by atoms with Crippen LogP contribution in [0.25, 0.3) is 11.1 Å². The lowest BCUT2D eigenvalue weighted by Gasteiger charge is -2.14. The van der Waals surface area contributed by atoms with Gasteiger partial charge in [0.15, 0.2) is 11.5 Å². The molecule has 2 heterocycles. The van der Waals surface area contributed by atoms with Gasteiger partial charge in [-0.05, 0) is 49.2 Å². The second-order valence-electron chi connectivity index (χ2n) is 6.27. The molecule has 7 heteroatoms. The zero-order valence-corrected chi connectivity index (χ0v) is 15.2. The van der Waals surface area contributed by atoms with E-state index in [1.54, 1.807) is 4.68 Å². The second kappa shape index (κ2) is 7.11. The van der Waals surface area contributed by atoms with Crippen molar-refractivity contribution in [2.24, 2.45) is 0 Å². The predicted molar refractivity (Wildman–Crippen MR) is 99.6 cm³/mol. The molecule has 27 heavy (non-hydrogen) atoms. The van der Waals surface area contributed by atoms with Crippen molar-refractivity contribution in [2.75, 3.05) is 6.79 Å². The first kappa shape index (κ1) is 17.1. The van der Waals surface area contributed by atoms with E-state index in [4.69, 9.17) is 9.47 Å².